The molecule has 0 aliphatic rings. The summed E-state index contributed by atoms with van der Waals surface area (Å²) in [4.78, 5) is 6.93. The summed E-state index contributed by atoms with van der Waals surface area (Å²) in [6.07, 6.45) is 1.56. The van der Waals surface area contributed by atoms with E-state index in [1.165, 1.54) is 0 Å². The van der Waals surface area contributed by atoms with Crippen molar-refractivity contribution >= 4 is 27.4 Å². The van der Waals surface area contributed by atoms with Gasteiger partial charge in [0.25, 0.3) is 0 Å². The van der Waals surface area contributed by atoms with E-state index in [2.05, 4.69) is 25.8 Å². The predicted molar refractivity (Wildman–Crippen MR) is 42.6 cm³/mol. The lowest BCUT2D eigenvalue weighted by Gasteiger charge is -1.94. The van der Waals surface area contributed by atoms with Crippen LogP contribution in [-0.2, 0) is 0 Å². The van der Waals surface area contributed by atoms with Crippen LogP contribution in [-0.4, -0.2) is 4.98 Å². The van der Waals surface area contributed by atoms with Crippen molar-refractivity contribution in [3.05, 3.63) is 28.2 Å². The highest BCUT2D eigenvalue weighted by Crippen LogP contribution is 2.22. The standard InChI is InChI=1S/C6H4BrN3/c1-9-5-2-4(7)3-10-6(5)8/h2-3H,(H2,8,10). The number of halogens is 1. The van der Waals surface area contributed by atoms with Crippen LogP contribution < -0.4 is 5.73 Å². The number of aromatic nitrogens is 1. The molecule has 0 bridgehead atoms. The van der Waals surface area contributed by atoms with E-state index in [-0.39, 0.29) is 5.82 Å². The number of hydrogen-bond acceptors (Lipinski definition) is 2. The average molecular weight is 198 g/mol. The fourth-order valence-electron chi connectivity index (χ4n) is 0.529. The van der Waals surface area contributed by atoms with E-state index in [0.717, 1.165) is 4.47 Å². The van der Waals surface area contributed by atoms with Crippen molar-refractivity contribution in [3.63, 3.8) is 0 Å². The van der Waals surface area contributed by atoms with Gasteiger partial charge in [0.1, 0.15) is 5.82 Å². The molecule has 0 atom stereocenters. The molecule has 2 N–H and O–H groups in total. The SMILES string of the molecule is [C-]#[N+]c1cc(Br)cnc1N. The molecule has 0 fully saturated rings. The number of anilines is 1. The average Bonchev–Trinajstić information content (AvgIpc) is 1.94. The van der Waals surface area contributed by atoms with Gasteiger partial charge in [-0.1, -0.05) is 15.9 Å². The van der Waals surface area contributed by atoms with E-state index >= 15 is 0 Å². The van der Waals surface area contributed by atoms with Gasteiger partial charge in [-0.2, -0.15) is 0 Å². The Bertz CT molecular complexity index is 290. The number of nitrogens with zero attached hydrogens (tertiary/aromatic N) is 2. The maximum absolute atomic E-state index is 6.67. The van der Waals surface area contributed by atoms with Crippen molar-refractivity contribution in [1.82, 2.24) is 4.98 Å². The van der Waals surface area contributed by atoms with Crippen LogP contribution in [0.5, 0.6) is 0 Å². The summed E-state index contributed by atoms with van der Waals surface area (Å²) in [5, 5.41) is 0. The Morgan fingerprint density at radius 1 is 1.70 bits per heavy atom. The molecule has 1 aromatic heterocycles. The van der Waals surface area contributed by atoms with Gasteiger partial charge in [-0.25, -0.2) is 4.85 Å². The summed E-state index contributed by atoms with van der Waals surface area (Å²) in [6, 6.07) is 1.63. The number of nitrogen functional groups attached to an aromatic ring is 1. The summed E-state index contributed by atoms with van der Waals surface area (Å²) in [5.74, 6) is 0.276. The highest BCUT2D eigenvalue weighted by atomic mass is 79.9. The van der Waals surface area contributed by atoms with E-state index in [1.54, 1.807) is 12.3 Å². The second-order valence-electron chi connectivity index (χ2n) is 1.67. The lowest BCUT2D eigenvalue weighted by molar-refractivity contribution is 1.33. The van der Waals surface area contributed by atoms with Crippen LogP contribution in [0.2, 0.25) is 0 Å². The second kappa shape index (κ2) is 2.67. The first kappa shape index (κ1) is 7.03. The molecule has 1 aromatic rings. The summed E-state index contributed by atoms with van der Waals surface area (Å²) >= 11 is 3.18. The Hall–Kier alpha value is -1.08. The van der Waals surface area contributed by atoms with Crippen LogP contribution in [0.1, 0.15) is 0 Å². The van der Waals surface area contributed by atoms with Gasteiger partial charge in [0, 0.05) is 10.7 Å². The highest BCUT2D eigenvalue weighted by Gasteiger charge is 1.98. The monoisotopic (exact) mass is 197 g/mol. The van der Waals surface area contributed by atoms with E-state index < -0.39 is 0 Å². The quantitative estimate of drug-likeness (QED) is 0.647. The molecule has 0 saturated carbocycles. The molecule has 0 aliphatic carbocycles. The van der Waals surface area contributed by atoms with Gasteiger partial charge < -0.3 is 5.73 Å². The molecule has 0 saturated heterocycles. The largest absolute Gasteiger partial charge is 0.392 e. The summed E-state index contributed by atoms with van der Waals surface area (Å²) in [7, 11) is 0. The minimum Gasteiger partial charge on any atom is -0.392 e. The Labute approximate surface area is 66.8 Å². The van der Waals surface area contributed by atoms with E-state index in [4.69, 9.17) is 12.3 Å². The zero-order chi connectivity index (χ0) is 7.56. The maximum Gasteiger partial charge on any atom is 0.229 e. The Morgan fingerprint density at radius 2 is 2.40 bits per heavy atom. The van der Waals surface area contributed by atoms with E-state index in [9.17, 15) is 0 Å². The van der Waals surface area contributed by atoms with Crippen LogP contribution >= 0.6 is 15.9 Å². The molecule has 3 nitrogen and oxygen atoms in total. The van der Waals surface area contributed by atoms with Crippen LogP contribution in [0, 0.1) is 6.57 Å². The zero-order valence-corrected chi connectivity index (χ0v) is 6.59. The summed E-state index contributed by atoms with van der Waals surface area (Å²) in [5.41, 5.74) is 5.74. The maximum atomic E-state index is 6.67. The molecule has 0 aliphatic heterocycles. The van der Waals surface area contributed by atoms with Crippen molar-refractivity contribution < 1.29 is 0 Å². The number of pyridine rings is 1. The number of nitrogens with two attached hydrogens (primary N) is 1. The van der Waals surface area contributed by atoms with Gasteiger partial charge in [-0.15, -0.1) is 0 Å². The summed E-state index contributed by atoms with van der Waals surface area (Å²) in [6.45, 7) is 6.67. The molecule has 0 spiro atoms. The zero-order valence-electron chi connectivity index (χ0n) is 5.00. The molecule has 1 rings (SSSR count). The minimum absolute atomic E-state index is 0.276. The van der Waals surface area contributed by atoms with Gasteiger partial charge >= 0.3 is 0 Å². The van der Waals surface area contributed by atoms with E-state index in [1.807, 2.05) is 0 Å². The van der Waals surface area contributed by atoms with Gasteiger partial charge in [0.05, 0.1) is 6.57 Å². The molecule has 4 heteroatoms. The lowest BCUT2D eigenvalue weighted by Crippen LogP contribution is -1.88. The van der Waals surface area contributed by atoms with Crippen LogP contribution in [0.4, 0.5) is 11.5 Å². The molecule has 10 heavy (non-hydrogen) atoms. The first-order valence-corrected chi connectivity index (χ1v) is 3.32. The Morgan fingerprint density at radius 3 is 2.90 bits per heavy atom. The normalized spacial score (nSPS) is 8.80. The fraction of sp³-hybridized carbons (Fsp3) is 0. The van der Waals surface area contributed by atoms with Crippen LogP contribution in [0.15, 0.2) is 16.7 Å². The third-order valence-electron chi connectivity index (χ3n) is 0.984. The second-order valence-corrected chi connectivity index (χ2v) is 2.59. The third-order valence-corrected chi connectivity index (χ3v) is 1.42. The summed E-state index contributed by atoms with van der Waals surface area (Å²) < 4.78 is 0.771. The highest BCUT2D eigenvalue weighted by molar-refractivity contribution is 9.10. The Kier molecular flexibility index (Phi) is 1.88. The van der Waals surface area contributed by atoms with Gasteiger partial charge in [0.15, 0.2) is 0 Å². The van der Waals surface area contributed by atoms with Crippen LogP contribution in [0.3, 0.4) is 0 Å². The molecule has 0 aromatic carbocycles. The van der Waals surface area contributed by atoms with Gasteiger partial charge in [0.2, 0.25) is 5.69 Å². The molecular weight excluding hydrogens is 194 g/mol. The number of hydrogen-bond donors (Lipinski definition) is 1. The van der Waals surface area contributed by atoms with E-state index in [0.29, 0.717) is 5.69 Å². The topological polar surface area (TPSA) is 43.3 Å². The fourth-order valence-corrected chi connectivity index (χ4v) is 0.848. The first-order valence-electron chi connectivity index (χ1n) is 2.52. The smallest absolute Gasteiger partial charge is 0.229 e. The van der Waals surface area contributed by atoms with Crippen molar-refractivity contribution in [2.45, 2.75) is 0 Å². The minimum atomic E-state index is 0.276. The molecule has 1 heterocycles. The van der Waals surface area contributed by atoms with Crippen molar-refractivity contribution in [3.8, 4) is 0 Å². The molecule has 0 unspecified atom stereocenters. The molecule has 0 radical (unpaired) electrons. The number of rotatable bonds is 0. The molecule has 0 amide bonds. The van der Waals surface area contributed by atoms with Gasteiger partial charge in [-0.05, 0) is 6.07 Å². The van der Waals surface area contributed by atoms with Crippen molar-refractivity contribution in [2.24, 2.45) is 0 Å². The van der Waals surface area contributed by atoms with Gasteiger partial charge in [-0.3, -0.25) is 4.98 Å². The van der Waals surface area contributed by atoms with Crippen molar-refractivity contribution in [2.75, 3.05) is 5.73 Å². The molecular formula is C6H4BrN3. The third kappa shape index (κ3) is 1.25. The predicted octanol–water partition coefficient (Wildman–Crippen LogP) is 1.98. The van der Waals surface area contributed by atoms with Crippen LogP contribution in [0.25, 0.3) is 4.85 Å². The molecule has 50 valence electrons. The van der Waals surface area contributed by atoms with Crippen molar-refractivity contribution in [1.29, 1.82) is 0 Å². The lowest BCUT2D eigenvalue weighted by atomic mass is 10.4. The first-order chi connectivity index (χ1) is 4.74. The Balaban J connectivity index is 3.25.